The molecule has 9 heteroatoms. The minimum atomic E-state index is -0.747. The molecule has 0 unspecified atom stereocenters. The molecule has 28 heavy (non-hydrogen) atoms. The maximum Gasteiger partial charge on any atom is 0.338 e. The molecule has 9 nitrogen and oxygen atoms in total. The van der Waals surface area contributed by atoms with E-state index in [4.69, 9.17) is 14.2 Å². The zero-order chi connectivity index (χ0) is 20.7. The van der Waals surface area contributed by atoms with E-state index >= 15 is 0 Å². The van der Waals surface area contributed by atoms with Gasteiger partial charge < -0.3 is 19.5 Å². The zero-order valence-corrected chi connectivity index (χ0v) is 15.7. The largest absolute Gasteiger partial charge is 0.493 e. The van der Waals surface area contributed by atoms with Gasteiger partial charge in [0.1, 0.15) is 0 Å². The van der Waals surface area contributed by atoms with Crippen molar-refractivity contribution in [1.82, 2.24) is 0 Å². The van der Waals surface area contributed by atoms with Crippen molar-refractivity contribution in [2.45, 2.75) is 13.8 Å². The molecule has 0 aliphatic heterocycles. The number of nitrogens with one attached hydrogen (secondary N) is 1. The minimum Gasteiger partial charge on any atom is -0.493 e. The number of amides is 1. The first-order valence-electron chi connectivity index (χ1n) is 8.48. The summed E-state index contributed by atoms with van der Waals surface area (Å²) in [5.41, 5.74) is -0.120. The maximum absolute atomic E-state index is 12.6. The number of anilines is 1. The number of benzene rings is 2. The Bertz CT molecular complexity index is 896. The van der Waals surface area contributed by atoms with Crippen molar-refractivity contribution >= 4 is 23.3 Å². The van der Waals surface area contributed by atoms with Crippen LogP contribution in [0.4, 0.5) is 11.4 Å². The average Bonchev–Trinajstić information content (AvgIpc) is 2.69. The van der Waals surface area contributed by atoms with Gasteiger partial charge >= 0.3 is 5.97 Å². The summed E-state index contributed by atoms with van der Waals surface area (Å²) >= 11 is 0. The SMILES string of the molecule is CCOC(=O)c1cc(C(=O)Nc2ccc(OCC)c(OC)c2)cc([N+](=O)[O-])c1. The number of ether oxygens (including phenoxy) is 3. The number of methoxy groups -OCH3 is 1. The molecule has 0 fully saturated rings. The number of carbonyl (C=O) groups is 2. The highest BCUT2D eigenvalue weighted by molar-refractivity contribution is 6.06. The van der Waals surface area contributed by atoms with Gasteiger partial charge in [-0.25, -0.2) is 4.79 Å². The Labute approximate surface area is 161 Å². The predicted molar refractivity (Wildman–Crippen MR) is 101 cm³/mol. The molecule has 1 N–H and O–H groups in total. The lowest BCUT2D eigenvalue weighted by molar-refractivity contribution is -0.384. The topological polar surface area (TPSA) is 117 Å². The molecule has 148 valence electrons. The van der Waals surface area contributed by atoms with Crippen molar-refractivity contribution in [1.29, 1.82) is 0 Å². The van der Waals surface area contributed by atoms with E-state index in [2.05, 4.69) is 5.32 Å². The zero-order valence-electron chi connectivity index (χ0n) is 15.7. The van der Waals surface area contributed by atoms with Crippen LogP contribution in [0.2, 0.25) is 0 Å². The highest BCUT2D eigenvalue weighted by atomic mass is 16.6. The van der Waals surface area contributed by atoms with Crippen molar-refractivity contribution in [3.05, 3.63) is 57.6 Å². The van der Waals surface area contributed by atoms with E-state index in [1.165, 1.54) is 13.2 Å². The fraction of sp³-hybridized carbons (Fsp3) is 0.263. The van der Waals surface area contributed by atoms with E-state index in [-0.39, 0.29) is 23.4 Å². The molecule has 0 atom stereocenters. The van der Waals surface area contributed by atoms with Crippen LogP contribution in [0.15, 0.2) is 36.4 Å². The summed E-state index contributed by atoms with van der Waals surface area (Å²) in [5, 5.41) is 13.8. The van der Waals surface area contributed by atoms with Crippen LogP contribution in [-0.2, 0) is 4.74 Å². The molecular formula is C19H20N2O7. The molecule has 0 heterocycles. The van der Waals surface area contributed by atoms with Gasteiger partial charge in [-0.05, 0) is 32.0 Å². The maximum atomic E-state index is 12.6. The molecule has 0 aliphatic carbocycles. The number of rotatable bonds is 8. The first-order chi connectivity index (χ1) is 13.4. The van der Waals surface area contributed by atoms with E-state index in [9.17, 15) is 19.7 Å². The Balaban J connectivity index is 2.33. The van der Waals surface area contributed by atoms with Gasteiger partial charge in [-0.2, -0.15) is 0 Å². The van der Waals surface area contributed by atoms with E-state index in [0.717, 1.165) is 12.1 Å². The number of nitrogens with zero attached hydrogens (tertiary/aromatic N) is 1. The Kier molecular flexibility index (Phi) is 6.91. The summed E-state index contributed by atoms with van der Waals surface area (Å²) in [5.74, 6) is -0.433. The Morgan fingerprint density at radius 2 is 1.75 bits per heavy atom. The standard InChI is InChI=1S/C19H20N2O7/c1-4-27-16-7-6-14(11-17(16)26-3)20-18(22)12-8-13(19(23)28-5-2)10-15(9-12)21(24)25/h6-11H,4-5H2,1-3H3,(H,20,22). The summed E-state index contributed by atoms with van der Waals surface area (Å²) in [6, 6.07) is 8.20. The monoisotopic (exact) mass is 388 g/mol. The molecule has 1 amide bonds. The van der Waals surface area contributed by atoms with Crippen LogP contribution in [0.1, 0.15) is 34.6 Å². The highest BCUT2D eigenvalue weighted by Gasteiger charge is 2.19. The van der Waals surface area contributed by atoms with Crippen LogP contribution in [0.25, 0.3) is 0 Å². The van der Waals surface area contributed by atoms with Crippen molar-refractivity contribution in [2.75, 3.05) is 25.6 Å². The first kappa shape index (κ1) is 20.7. The third-order valence-electron chi connectivity index (χ3n) is 3.62. The number of nitro benzene ring substituents is 1. The predicted octanol–water partition coefficient (Wildman–Crippen LogP) is 3.43. The number of hydrogen-bond donors (Lipinski definition) is 1. The molecule has 2 aromatic rings. The summed E-state index contributed by atoms with van der Waals surface area (Å²) in [7, 11) is 1.47. The summed E-state index contributed by atoms with van der Waals surface area (Å²) in [6.07, 6.45) is 0. The fourth-order valence-corrected chi connectivity index (χ4v) is 2.40. The third-order valence-corrected chi connectivity index (χ3v) is 3.62. The molecule has 0 radical (unpaired) electrons. The van der Waals surface area contributed by atoms with E-state index in [1.807, 2.05) is 6.92 Å². The second-order valence-corrected chi connectivity index (χ2v) is 5.50. The smallest absolute Gasteiger partial charge is 0.338 e. The van der Waals surface area contributed by atoms with Gasteiger partial charge in [-0.15, -0.1) is 0 Å². The Hall–Kier alpha value is -3.62. The summed E-state index contributed by atoms with van der Waals surface area (Å²) < 4.78 is 15.5. The normalized spacial score (nSPS) is 10.1. The second-order valence-electron chi connectivity index (χ2n) is 5.50. The first-order valence-corrected chi connectivity index (χ1v) is 8.48. The van der Waals surface area contributed by atoms with Crippen LogP contribution in [0.3, 0.4) is 0 Å². The Morgan fingerprint density at radius 1 is 1.04 bits per heavy atom. The van der Waals surface area contributed by atoms with Gasteiger partial charge in [0, 0.05) is 29.4 Å². The summed E-state index contributed by atoms with van der Waals surface area (Å²) in [6.45, 7) is 4.00. The molecule has 0 aromatic heterocycles. The van der Waals surface area contributed by atoms with E-state index in [1.54, 1.807) is 25.1 Å². The summed E-state index contributed by atoms with van der Waals surface area (Å²) in [4.78, 5) is 35.0. The molecule has 0 saturated carbocycles. The molecule has 0 spiro atoms. The van der Waals surface area contributed by atoms with E-state index < -0.39 is 16.8 Å². The van der Waals surface area contributed by atoms with Gasteiger partial charge in [-0.1, -0.05) is 0 Å². The molecule has 0 saturated heterocycles. The minimum absolute atomic E-state index is 0.0508. The number of hydrogen-bond acceptors (Lipinski definition) is 7. The number of non-ortho nitro benzene ring substituents is 1. The van der Waals surface area contributed by atoms with Crippen LogP contribution in [0.5, 0.6) is 11.5 Å². The van der Waals surface area contributed by atoms with Crippen molar-refractivity contribution < 1.29 is 28.7 Å². The lowest BCUT2D eigenvalue weighted by Gasteiger charge is -2.12. The lowest BCUT2D eigenvalue weighted by atomic mass is 10.1. The molecule has 0 aliphatic rings. The molecule has 0 bridgehead atoms. The number of esters is 1. The number of nitro groups is 1. The fourth-order valence-electron chi connectivity index (χ4n) is 2.40. The second kappa shape index (κ2) is 9.36. The van der Waals surface area contributed by atoms with Crippen molar-refractivity contribution in [3.63, 3.8) is 0 Å². The molecule has 2 aromatic carbocycles. The highest BCUT2D eigenvalue weighted by Crippen LogP contribution is 2.30. The molecule has 2 rings (SSSR count). The third kappa shape index (κ3) is 4.97. The average molecular weight is 388 g/mol. The van der Waals surface area contributed by atoms with Crippen LogP contribution in [-0.4, -0.2) is 37.1 Å². The van der Waals surface area contributed by atoms with Crippen LogP contribution < -0.4 is 14.8 Å². The Morgan fingerprint density at radius 3 is 2.36 bits per heavy atom. The van der Waals surface area contributed by atoms with Gasteiger partial charge in [0.2, 0.25) is 0 Å². The lowest BCUT2D eigenvalue weighted by Crippen LogP contribution is -2.14. The molecular weight excluding hydrogens is 368 g/mol. The van der Waals surface area contributed by atoms with Crippen molar-refractivity contribution in [3.8, 4) is 11.5 Å². The van der Waals surface area contributed by atoms with Gasteiger partial charge in [-0.3, -0.25) is 14.9 Å². The number of carbonyl (C=O) groups excluding carboxylic acids is 2. The van der Waals surface area contributed by atoms with Gasteiger partial charge in [0.25, 0.3) is 11.6 Å². The van der Waals surface area contributed by atoms with Crippen LogP contribution >= 0.6 is 0 Å². The quantitative estimate of drug-likeness (QED) is 0.418. The van der Waals surface area contributed by atoms with E-state index in [0.29, 0.717) is 23.8 Å². The van der Waals surface area contributed by atoms with Gasteiger partial charge in [0.15, 0.2) is 11.5 Å². The van der Waals surface area contributed by atoms with Crippen LogP contribution in [0, 0.1) is 10.1 Å². The van der Waals surface area contributed by atoms with Crippen molar-refractivity contribution in [2.24, 2.45) is 0 Å². The van der Waals surface area contributed by atoms with Gasteiger partial charge in [0.05, 0.1) is 30.8 Å².